The van der Waals surface area contributed by atoms with Crippen molar-refractivity contribution >= 4 is 13.2 Å². The van der Waals surface area contributed by atoms with E-state index in [0.717, 1.165) is 5.47 Å². The van der Waals surface area contributed by atoms with E-state index >= 15 is 0 Å². The molecule has 0 aliphatic carbocycles. The van der Waals surface area contributed by atoms with E-state index in [1.54, 1.807) is 19.2 Å². The van der Waals surface area contributed by atoms with Crippen LogP contribution in [0.5, 0.6) is 5.75 Å². The second kappa shape index (κ2) is 7.01. The number of ether oxygens (including phenoxy) is 1. The van der Waals surface area contributed by atoms with Gasteiger partial charge in [0.2, 0.25) is 0 Å². The molecule has 1 aromatic carbocycles. The minimum absolute atomic E-state index is 0.265. The van der Waals surface area contributed by atoms with Crippen molar-refractivity contribution in [3.8, 4) is 5.75 Å². The molecule has 0 unspecified atom stereocenters. The van der Waals surface area contributed by atoms with Crippen LogP contribution < -0.4 is 10.1 Å². The average molecular weight is 357 g/mol. The maximum absolute atomic E-state index is 12.4. The highest BCUT2D eigenvalue weighted by molar-refractivity contribution is 6.55. The van der Waals surface area contributed by atoms with Crippen LogP contribution in [-0.4, -0.2) is 38.3 Å². The molecule has 1 N–H and O–H groups in total. The highest BCUT2D eigenvalue weighted by atomic mass is 19.4. The Morgan fingerprint density at radius 2 is 1.80 bits per heavy atom. The van der Waals surface area contributed by atoms with Crippen LogP contribution in [0.3, 0.4) is 0 Å². The van der Waals surface area contributed by atoms with Gasteiger partial charge >= 0.3 is 13.5 Å². The molecular weight excluding hydrogens is 334 g/mol. The zero-order valence-electron chi connectivity index (χ0n) is 15.0. The Morgan fingerprint density at radius 3 is 2.32 bits per heavy atom. The van der Waals surface area contributed by atoms with E-state index in [2.05, 4.69) is 10.1 Å². The van der Waals surface area contributed by atoms with E-state index in [0.29, 0.717) is 12.1 Å². The molecule has 0 aromatic heterocycles. The number of halogens is 3. The molecule has 25 heavy (non-hydrogen) atoms. The summed E-state index contributed by atoms with van der Waals surface area (Å²) in [6, 6.07) is 5.80. The van der Waals surface area contributed by atoms with Crippen molar-refractivity contribution in [3.63, 3.8) is 0 Å². The minimum Gasteiger partial charge on any atom is -0.406 e. The smallest absolute Gasteiger partial charge is 0.406 e. The molecular formula is C17H23BF3NO3. The fourth-order valence-electron chi connectivity index (χ4n) is 2.42. The number of nitrogens with one attached hydrogen (secondary N) is 1. The van der Waals surface area contributed by atoms with Gasteiger partial charge < -0.3 is 19.4 Å². The highest BCUT2D eigenvalue weighted by Crippen LogP contribution is 2.38. The largest absolute Gasteiger partial charge is 0.573 e. The first kappa shape index (κ1) is 19.8. The van der Waals surface area contributed by atoms with Crippen molar-refractivity contribution in [3.05, 3.63) is 35.3 Å². The molecule has 0 saturated carbocycles. The van der Waals surface area contributed by atoms with Gasteiger partial charge in [-0.1, -0.05) is 18.2 Å². The summed E-state index contributed by atoms with van der Waals surface area (Å²) in [5.41, 5.74) is 0.365. The Morgan fingerprint density at radius 1 is 1.20 bits per heavy atom. The monoisotopic (exact) mass is 357 g/mol. The Hall–Kier alpha value is -1.51. The van der Waals surface area contributed by atoms with Gasteiger partial charge in [-0.2, -0.15) is 0 Å². The Kier molecular flexibility index (Phi) is 5.56. The van der Waals surface area contributed by atoms with Gasteiger partial charge in [0.05, 0.1) is 11.2 Å². The van der Waals surface area contributed by atoms with Crippen molar-refractivity contribution < 1.29 is 27.2 Å². The van der Waals surface area contributed by atoms with Crippen LogP contribution in [0.15, 0.2) is 29.7 Å². The van der Waals surface area contributed by atoms with E-state index in [1.165, 1.54) is 18.2 Å². The van der Waals surface area contributed by atoms with Crippen LogP contribution in [0.1, 0.15) is 33.3 Å². The molecule has 8 heteroatoms. The van der Waals surface area contributed by atoms with Gasteiger partial charge in [0.1, 0.15) is 5.75 Å². The third kappa shape index (κ3) is 4.99. The molecule has 138 valence electrons. The number of likely N-dealkylation sites (N-methyl/N-ethyl adjacent to an activating group) is 1. The number of rotatable bonds is 5. The molecule has 0 radical (unpaired) electrons. The third-order valence-corrected chi connectivity index (χ3v) is 4.38. The standard InChI is InChI=1S/C17H23BF3NO3/c1-15(2)16(3,4)25-18(24-15)13(11-22-5)9-12-7-6-8-14(10-12)23-17(19,20)21/h6-10,22H,11H2,1-5H3. The first-order valence-corrected chi connectivity index (χ1v) is 8.00. The van der Waals surface area contributed by atoms with Crippen LogP contribution in [0.4, 0.5) is 13.2 Å². The lowest BCUT2D eigenvalue weighted by molar-refractivity contribution is -0.274. The summed E-state index contributed by atoms with van der Waals surface area (Å²) in [6.45, 7) is 8.26. The van der Waals surface area contributed by atoms with Gasteiger partial charge in [-0.15, -0.1) is 13.2 Å². The average Bonchev–Trinajstić information content (AvgIpc) is 2.65. The number of alkyl halides is 3. The minimum atomic E-state index is -4.72. The first-order chi connectivity index (χ1) is 11.4. The van der Waals surface area contributed by atoms with E-state index in [9.17, 15) is 13.2 Å². The summed E-state index contributed by atoms with van der Waals surface area (Å²) in [4.78, 5) is 0. The summed E-state index contributed by atoms with van der Waals surface area (Å²) in [5.74, 6) is -0.265. The molecule has 1 saturated heterocycles. The van der Waals surface area contributed by atoms with Crippen LogP contribution >= 0.6 is 0 Å². The number of hydrogen-bond donors (Lipinski definition) is 1. The molecule has 0 amide bonds. The molecule has 1 aliphatic heterocycles. The van der Waals surface area contributed by atoms with Crippen LogP contribution in [-0.2, 0) is 9.31 Å². The van der Waals surface area contributed by atoms with Crippen LogP contribution in [0, 0.1) is 0 Å². The van der Waals surface area contributed by atoms with Gasteiger partial charge in [-0.3, -0.25) is 0 Å². The third-order valence-electron chi connectivity index (χ3n) is 4.38. The maximum atomic E-state index is 12.4. The molecule has 1 heterocycles. The Balaban J connectivity index is 2.27. The summed E-state index contributed by atoms with van der Waals surface area (Å²) < 4.78 is 53.2. The molecule has 0 atom stereocenters. The Labute approximate surface area is 146 Å². The second-order valence-electron chi connectivity index (χ2n) is 6.96. The normalized spacial score (nSPS) is 20.0. The molecule has 4 nitrogen and oxygen atoms in total. The number of benzene rings is 1. The predicted molar refractivity (Wildman–Crippen MR) is 91.1 cm³/mol. The van der Waals surface area contributed by atoms with Gasteiger partial charge in [-0.05, 0) is 57.9 Å². The Bertz CT molecular complexity index is 628. The molecule has 2 rings (SSSR count). The van der Waals surface area contributed by atoms with Gasteiger partial charge in [0, 0.05) is 6.54 Å². The molecule has 0 spiro atoms. The van der Waals surface area contributed by atoms with Crippen LogP contribution in [0.2, 0.25) is 0 Å². The lowest BCUT2D eigenvalue weighted by atomic mass is 9.77. The quantitative estimate of drug-likeness (QED) is 0.814. The van der Waals surface area contributed by atoms with E-state index in [-0.39, 0.29) is 5.75 Å². The van der Waals surface area contributed by atoms with Crippen molar-refractivity contribution in [2.75, 3.05) is 13.6 Å². The first-order valence-electron chi connectivity index (χ1n) is 8.00. The van der Waals surface area contributed by atoms with Crippen molar-refractivity contribution in [1.82, 2.24) is 5.32 Å². The fourth-order valence-corrected chi connectivity index (χ4v) is 2.42. The predicted octanol–water partition coefficient (Wildman–Crippen LogP) is 3.82. The lowest BCUT2D eigenvalue weighted by Gasteiger charge is -2.32. The van der Waals surface area contributed by atoms with E-state index in [1.807, 2.05) is 27.7 Å². The maximum Gasteiger partial charge on any atom is 0.573 e. The van der Waals surface area contributed by atoms with Crippen molar-refractivity contribution in [2.24, 2.45) is 0 Å². The molecule has 0 bridgehead atoms. The van der Waals surface area contributed by atoms with Crippen molar-refractivity contribution in [2.45, 2.75) is 45.3 Å². The zero-order chi connectivity index (χ0) is 18.9. The summed E-state index contributed by atoms with van der Waals surface area (Å²) >= 11 is 0. The molecule has 1 aliphatic rings. The van der Waals surface area contributed by atoms with Gasteiger partial charge in [0.25, 0.3) is 0 Å². The van der Waals surface area contributed by atoms with Crippen LogP contribution in [0.25, 0.3) is 6.08 Å². The zero-order valence-corrected chi connectivity index (χ0v) is 15.0. The van der Waals surface area contributed by atoms with E-state index in [4.69, 9.17) is 9.31 Å². The van der Waals surface area contributed by atoms with Gasteiger partial charge in [-0.25, -0.2) is 0 Å². The van der Waals surface area contributed by atoms with E-state index < -0.39 is 24.7 Å². The number of hydrogen-bond acceptors (Lipinski definition) is 4. The second-order valence-corrected chi connectivity index (χ2v) is 6.96. The summed E-state index contributed by atoms with van der Waals surface area (Å²) in [6.07, 6.45) is -2.97. The molecule has 1 fully saturated rings. The summed E-state index contributed by atoms with van der Waals surface area (Å²) in [5, 5.41) is 3.03. The van der Waals surface area contributed by atoms with Gasteiger partial charge in [0.15, 0.2) is 0 Å². The topological polar surface area (TPSA) is 39.7 Å². The lowest BCUT2D eigenvalue weighted by Crippen LogP contribution is -2.41. The fraction of sp³-hybridized carbons (Fsp3) is 0.529. The SMILES string of the molecule is CNCC(=Cc1cccc(OC(F)(F)F)c1)B1OC(C)(C)C(C)(C)O1. The van der Waals surface area contributed by atoms with Crippen molar-refractivity contribution in [1.29, 1.82) is 0 Å². The highest BCUT2D eigenvalue weighted by Gasteiger charge is 2.52. The summed E-state index contributed by atoms with van der Waals surface area (Å²) in [7, 11) is 1.20. The molecule has 1 aromatic rings.